The van der Waals surface area contributed by atoms with Gasteiger partial charge in [-0.2, -0.15) is 0 Å². The van der Waals surface area contributed by atoms with Crippen LogP contribution in [0.3, 0.4) is 0 Å². The first-order valence-electron chi connectivity index (χ1n) is 39.8. The van der Waals surface area contributed by atoms with Crippen LogP contribution in [-0.2, 0) is 125 Å². The second kappa shape index (κ2) is 95.0. The molecule has 0 radical (unpaired) electrons. The number of methoxy groups -OCH3 is 1. The summed E-state index contributed by atoms with van der Waals surface area (Å²) in [5, 5.41) is 60.3. The third kappa shape index (κ3) is 137. The molecule has 120 heavy (non-hydrogen) atoms. The molecular weight excluding hydrogens is 1750 g/mol. The van der Waals surface area contributed by atoms with Gasteiger partial charge in [0.2, 0.25) is 0 Å². The third-order valence-corrected chi connectivity index (χ3v) is 51.5. The molecular formula is C78H186O30Si12. The van der Waals surface area contributed by atoms with Crippen LogP contribution in [0.2, 0.25) is 195 Å². The molecule has 42 heteroatoms. The second-order valence-corrected chi connectivity index (χ2v) is 80.8. The lowest BCUT2D eigenvalue weighted by Crippen LogP contribution is -2.60. The molecule has 0 rings (SSSR count). The van der Waals surface area contributed by atoms with Crippen molar-refractivity contribution in [2.75, 3.05) is 99.6 Å². The van der Waals surface area contributed by atoms with Crippen molar-refractivity contribution in [1.29, 1.82) is 0 Å². The Balaban J connectivity index is -0.000000103. The number of ether oxygens (including phenoxy) is 7. The number of aliphatic hydroxyl groups is 3. The van der Waals surface area contributed by atoms with Gasteiger partial charge in [-0.25, -0.2) is 4.89 Å². The molecule has 30 nitrogen and oxygen atoms in total. The van der Waals surface area contributed by atoms with E-state index < -0.39 is 107 Å². The summed E-state index contributed by atoms with van der Waals surface area (Å²) in [5.41, 5.74) is 0. The van der Waals surface area contributed by atoms with Crippen LogP contribution in [0.15, 0.2) is 144 Å². The van der Waals surface area contributed by atoms with E-state index >= 15 is 0 Å². The Morgan fingerprint density at radius 3 is 0.875 bits per heavy atom. The van der Waals surface area contributed by atoms with Gasteiger partial charge in [-0.15, -0.1) is 132 Å². The van der Waals surface area contributed by atoms with Crippen molar-refractivity contribution in [1.82, 2.24) is 0 Å². The van der Waals surface area contributed by atoms with Crippen molar-refractivity contribution in [2.24, 2.45) is 0 Å². The van der Waals surface area contributed by atoms with Crippen LogP contribution in [0.25, 0.3) is 0 Å². The Kier molecular flexibility index (Phi) is 118. The van der Waals surface area contributed by atoms with Crippen LogP contribution in [0.5, 0.6) is 0 Å². The van der Waals surface area contributed by atoms with E-state index in [0.717, 1.165) is 50.1 Å². The Morgan fingerprint density at radius 2 is 0.583 bits per heavy atom. The highest BCUT2D eigenvalue weighted by Gasteiger charge is 2.49. The Labute approximate surface area is 747 Å². The molecule has 3 N–H and O–H groups in total. The van der Waals surface area contributed by atoms with Crippen LogP contribution in [-0.4, -0.2) is 235 Å². The summed E-state index contributed by atoms with van der Waals surface area (Å²) in [6, 6.07) is 2.51. The van der Waals surface area contributed by atoms with Gasteiger partial charge in [-0.1, -0.05) is 6.92 Å². The maximum Gasteiger partial charge on any atom is 0.317 e. The van der Waals surface area contributed by atoms with Crippen molar-refractivity contribution in [3.8, 4) is 0 Å². The van der Waals surface area contributed by atoms with Crippen LogP contribution in [0.1, 0.15) is 53.4 Å². The Bertz CT molecular complexity index is 2090. The highest BCUT2D eigenvalue weighted by molar-refractivity contribution is 6.92. The zero-order valence-corrected chi connectivity index (χ0v) is 94.2. The largest absolute Gasteiger partial charge is 0.437 e. The molecule has 0 spiro atoms. The van der Waals surface area contributed by atoms with Crippen molar-refractivity contribution in [2.45, 2.75) is 267 Å². The SMILES string of the molecule is C=C.C=C.C=C.C=C.C=C.C=C.C=C.C=C.C=C.C=C.CC(O)COCCC[Si](C)(O[Si](C)(C)C)O[Si](C)(C)O[Si](C)(C)C.CCCOCCOOOOOOOOOOO/C=C\CO.COCCOC(C)COCCC[Si](C)(O[Si](C)(C)O[Si](C)(C)C)O[Si](C)(CCCOCC(C)OCCO)O[Si](C)(C)C.C[Si](C)(C)O[Si](C)(C)O[Si](C)(C)C. The molecule has 0 bridgehead atoms. The average Bonchev–Trinajstić information content (AvgIpc) is 0.798. The minimum atomic E-state index is -2.72. The molecule has 0 aromatic carbocycles. The lowest BCUT2D eigenvalue weighted by molar-refractivity contribution is -0.853. The van der Waals surface area contributed by atoms with E-state index in [2.05, 4.69) is 363 Å². The molecule has 0 aliphatic rings. The van der Waals surface area contributed by atoms with E-state index in [0.29, 0.717) is 72.7 Å². The number of hydrogen-bond acceptors (Lipinski definition) is 30. The molecule has 0 fully saturated rings. The fraction of sp³-hybridized carbons (Fsp3) is 0.718. The molecule has 0 amide bonds. The standard InChI is InChI=1S/C27H66O10Si5.C15H40O5Si4.C8H16O13.C8H24O2Si3.10C2H4/c1-26(32-19-16-28)24-30-17-14-22-41(12,35-39(7,8)9)37-42(13,36-40(10,11)34-38(4,5)6)23-15-18-31-25-27(2)33-21-20-29-3;1-15(16)14-17-12-11-13-24(10,19-22(5,6)7)20-23(8,9)18-21(2,3)4;1-2-5-10-7-8-12-14-16-18-20-21-19-17-15-13-11-6-3-4-9;1-11(2,3)9-13(7,8)10-12(4,5)6;10*1-2/h26-28H,14-25H2,1-13H3;15-16H,11-14H2,1-10H3;3,6,9H,2,4-5,7-8H2,1H3;1-8H3;10*1-2H2/b;;6-3-;;;;;;;;;;;. The Morgan fingerprint density at radius 1 is 0.300 bits per heavy atom. The van der Waals surface area contributed by atoms with Crippen molar-refractivity contribution in [3.63, 3.8) is 0 Å². The molecule has 6 unspecified atom stereocenters. The molecule has 0 aliphatic carbocycles. The lowest BCUT2D eigenvalue weighted by atomic mass is 10.4. The number of rotatable bonds is 60. The molecule has 0 saturated heterocycles. The predicted molar refractivity (Wildman–Crippen MR) is 526 cm³/mol. The normalized spacial score (nSPS) is 13.6. The summed E-state index contributed by atoms with van der Waals surface area (Å²) in [5.74, 6) is 0. The van der Waals surface area contributed by atoms with Gasteiger partial charge in [0, 0.05) is 58.7 Å². The highest BCUT2D eigenvalue weighted by Crippen LogP contribution is 2.33. The minimum Gasteiger partial charge on any atom is -0.437 e. The van der Waals surface area contributed by atoms with Crippen molar-refractivity contribution < 1.29 is 141 Å². The van der Waals surface area contributed by atoms with E-state index in [9.17, 15) is 5.11 Å². The van der Waals surface area contributed by atoms with Gasteiger partial charge in [-0.05, 0) is 268 Å². The summed E-state index contributed by atoms with van der Waals surface area (Å²) in [6.45, 7) is 132. The molecule has 0 aromatic heterocycles. The smallest absolute Gasteiger partial charge is 0.317 e. The van der Waals surface area contributed by atoms with E-state index in [1.807, 2.05) is 20.8 Å². The monoisotopic (exact) mass is 1940 g/mol. The van der Waals surface area contributed by atoms with E-state index in [-0.39, 0.29) is 32.0 Å². The van der Waals surface area contributed by atoms with Gasteiger partial charge in [0.1, 0.15) is 12.9 Å². The topological polar surface area (TPSA) is 310 Å². The molecule has 726 valence electrons. The Hall–Kier alpha value is -1.62. The van der Waals surface area contributed by atoms with Gasteiger partial charge >= 0.3 is 51.4 Å². The summed E-state index contributed by atoms with van der Waals surface area (Å²) in [4.78, 5) is 8.52. The molecule has 0 aromatic rings. The number of aliphatic hydroxyl groups excluding tert-OH is 3. The first-order valence-corrected chi connectivity index (χ1v) is 76.2. The van der Waals surface area contributed by atoms with Gasteiger partial charge in [0.05, 0.1) is 77.8 Å². The quantitative estimate of drug-likeness (QED) is 0.0127. The average molecular weight is 1940 g/mol. The summed E-state index contributed by atoms with van der Waals surface area (Å²) < 4.78 is 97.9. The van der Waals surface area contributed by atoms with E-state index in [1.54, 1.807) is 14.0 Å². The molecule has 0 heterocycles. The summed E-state index contributed by atoms with van der Waals surface area (Å²) in [7, 11) is -22.4. The van der Waals surface area contributed by atoms with Crippen LogP contribution in [0, 0.1) is 0 Å². The highest BCUT2D eigenvalue weighted by atomic mass is 28.5. The maximum absolute atomic E-state index is 9.26. The van der Waals surface area contributed by atoms with Gasteiger partial charge in [0.25, 0.3) is 0 Å². The first-order chi connectivity index (χ1) is 55.6. The lowest BCUT2D eigenvalue weighted by Gasteiger charge is -2.44. The van der Waals surface area contributed by atoms with Crippen molar-refractivity contribution in [3.05, 3.63) is 144 Å². The minimum absolute atomic E-state index is 0.0139. The molecule has 0 saturated carbocycles. The fourth-order valence-electron chi connectivity index (χ4n) is 9.69. The van der Waals surface area contributed by atoms with E-state index in [1.165, 1.54) is 6.08 Å². The third-order valence-electron chi connectivity index (χ3n) is 10.8. The second-order valence-electron chi connectivity index (χ2n) is 31.4. The molecule has 6 atom stereocenters. The number of hydrogen-bond donors (Lipinski definition) is 3. The molecule has 0 aliphatic heterocycles. The first kappa shape index (κ1) is 150. The zero-order chi connectivity index (χ0) is 98.1. The van der Waals surface area contributed by atoms with Crippen LogP contribution < -0.4 is 0 Å². The van der Waals surface area contributed by atoms with Crippen molar-refractivity contribution >= 4 is 101 Å². The van der Waals surface area contributed by atoms with Crippen LogP contribution >= 0.6 is 0 Å². The van der Waals surface area contributed by atoms with Gasteiger partial charge in [0.15, 0.2) is 49.9 Å². The summed E-state index contributed by atoms with van der Waals surface area (Å²) in [6.07, 6.45) is 5.15. The summed E-state index contributed by atoms with van der Waals surface area (Å²) >= 11 is 0. The predicted octanol–water partition coefficient (Wildman–Crippen LogP) is 21.8. The van der Waals surface area contributed by atoms with Gasteiger partial charge < -0.3 is 90.4 Å². The fourth-order valence-corrected chi connectivity index (χ4v) is 63.7. The van der Waals surface area contributed by atoms with Crippen LogP contribution in [0.4, 0.5) is 0 Å². The maximum atomic E-state index is 9.26. The zero-order valence-electron chi connectivity index (χ0n) is 82.2. The van der Waals surface area contributed by atoms with Gasteiger partial charge in [-0.3, -0.25) is 0 Å². The van der Waals surface area contributed by atoms with E-state index in [4.69, 9.17) is 80.4 Å².